The van der Waals surface area contributed by atoms with Crippen LogP contribution in [0.2, 0.25) is 0 Å². The molecule has 0 aliphatic heterocycles. The first-order chi connectivity index (χ1) is 8.10. The SMILES string of the molecule is CCCNC(C(N)=O)c1cc(Br)ccc1OC. The van der Waals surface area contributed by atoms with Crippen LogP contribution in [-0.2, 0) is 4.79 Å². The molecule has 0 aliphatic rings. The molecule has 1 unspecified atom stereocenters. The van der Waals surface area contributed by atoms with Crippen molar-refractivity contribution in [1.82, 2.24) is 5.32 Å². The van der Waals surface area contributed by atoms with E-state index in [0.717, 1.165) is 23.0 Å². The highest BCUT2D eigenvalue weighted by molar-refractivity contribution is 9.10. The van der Waals surface area contributed by atoms with Gasteiger partial charge in [0.1, 0.15) is 11.8 Å². The smallest absolute Gasteiger partial charge is 0.239 e. The molecule has 5 heteroatoms. The zero-order valence-electron chi connectivity index (χ0n) is 10.00. The molecule has 0 saturated heterocycles. The number of nitrogens with one attached hydrogen (secondary N) is 1. The molecular weight excluding hydrogens is 284 g/mol. The lowest BCUT2D eigenvalue weighted by Gasteiger charge is -2.18. The fourth-order valence-corrected chi connectivity index (χ4v) is 1.96. The van der Waals surface area contributed by atoms with Crippen LogP contribution < -0.4 is 15.8 Å². The second-order valence-electron chi connectivity index (χ2n) is 3.68. The molecule has 17 heavy (non-hydrogen) atoms. The van der Waals surface area contributed by atoms with Crippen molar-refractivity contribution in [3.8, 4) is 5.75 Å². The molecule has 0 heterocycles. The molecule has 1 atom stereocenters. The van der Waals surface area contributed by atoms with Crippen LogP contribution in [-0.4, -0.2) is 19.6 Å². The largest absolute Gasteiger partial charge is 0.496 e. The molecule has 3 N–H and O–H groups in total. The quantitative estimate of drug-likeness (QED) is 0.844. The fourth-order valence-electron chi connectivity index (χ4n) is 1.58. The first-order valence-corrected chi connectivity index (χ1v) is 6.25. The van der Waals surface area contributed by atoms with Crippen LogP contribution in [0.15, 0.2) is 22.7 Å². The van der Waals surface area contributed by atoms with Gasteiger partial charge in [-0.2, -0.15) is 0 Å². The van der Waals surface area contributed by atoms with E-state index in [2.05, 4.69) is 21.2 Å². The maximum atomic E-state index is 11.5. The lowest BCUT2D eigenvalue weighted by atomic mass is 10.0. The van der Waals surface area contributed by atoms with Crippen molar-refractivity contribution >= 4 is 21.8 Å². The monoisotopic (exact) mass is 300 g/mol. The van der Waals surface area contributed by atoms with Crippen LogP contribution in [0.1, 0.15) is 24.9 Å². The van der Waals surface area contributed by atoms with Crippen LogP contribution in [0, 0.1) is 0 Å². The molecule has 1 aromatic rings. The van der Waals surface area contributed by atoms with Gasteiger partial charge in [-0.15, -0.1) is 0 Å². The van der Waals surface area contributed by atoms with Crippen molar-refractivity contribution < 1.29 is 9.53 Å². The minimum atomic E-state index is -0.526. The molecule has 1 amide bonds. The Morgan fingerprint density at radius 1 is 1.59 bits per heavy atom. The summed E-state index contributed by atoms with van der Waals surface area (Å²) in [5.74, 6) is 0.246. The van der Waals surface area contributed by atoms with Gasteiger partial charge in [-0.25, -0.2) is 0 Å². The summed E-state index contributed by atoms with van der Waals surface area (Å²) in [7, 11) is 1.57. The second kappa shape index (κ2) is 6.61. The number of hydrogen-bond acceptors (Lipinski definition) is 3. The normalized spacial score (nSPS) is 12.2. The van der Waals surface area contributed by atoms with E-state index in [9.17, 15) is 4.79 Å². The maximum absolute atomic E-state index is 11.5. The Labute approximate surface area is 110 Å². The van der Waals surface area contributed by atoms with Crippen molar-refractivity contribution in [3.05, 3.63) is 28.2 Å². The fraction of sp³-hybridized carbons (Fsp3) is 0.417. The predicted octanol–water partition coefficient (Wildman–Crippen LogP) is 1.98. The second-order valence-corrected chi connectivity index (χ2v) is 4.59. The van der Waals surface area contributed by atoms with Crippen LogP contribution in [0.4, 0.5) is 0 Å². The Balaban J connectivity index is 3.07. The molecule has 0 aromatic heterocycles. The molecule has 4 nitrogen and oxygen atoms in total. The Morgan fingerprint density at radius 2 is 2.29 bits per heavy atom. The van der Waals surface area contributed by atoms with E-state index in [4.69, 9.17) is 10.5 Å². The van der Waals surface area contributed by atoms with Crippen LogP contribution in [0.5, 0.6) is 5.75 Å². The number of benzene rings is 1. The molecule has 0 bridgehead atoms. The number of nitrogens with two attached hydrogens (primary N) is 1. The van der Waals surface area contributed by atoms with Gasteiger partial charge in [0.05, 0.1) is 7.11 Å². The van der Waals surface area contributed by atoms with E-state index < -0.39 is 11.9 Å². The number of amides is 1. The highest BCUT2D eigenvalue weighted by atomic mass is 79.9. The average molecular weight is 301 g/mol. The minimum Gasteiger partial charge on any atom is -0.496 e. The third kappa shape index (κ3) is 3.71. The zero-order chi connectivity index (χ0) is 12.8. The number of primary amides is 1. The Kier molecular flexibility index (Phi) is 5.44. The predicted molar refractivity (Wildman–Crippen MR) is 70.9 cm³/mol. The number of carbonyl (C=O) groups excluding carboxylic acids is 1. The van der Waals surface area contributed by atoms with Crippen molar-refractivity contribution in [2.24, 2.45) is 5.73 Å². The number of halogens is 1. The highest BCUT2D eigenvalue weighted by Gasteiger charge is 2.20. The van der Waals surface area contributed by atoms with Gasteiger partial charge in [0, 0.05) is 10.0 Å². The number of ether oxygens (including phenoxy) is 1. The van der Waals surface area contributed by atoms with Gasteiger partial charge < -0.3 is 15.8 Å². The van der Waals surface area contributed by atoms with Crippen LogP contribution >= 0.6 is 15.9 Å². The topological polar surface area (TPSA) is 64.3 Å². The number of hydrogen-bond donors (Lipinski definition) is 2. The summed E-state index contributed by atoms with van der Waals surface area (Å²) in [4.78, 5) is 11.5. The minimum absolute atomic E-state index is 0.408. The summed E-state index contributed by atoms with van der Waals surface area (Å²) < 4.78 is 6.13. The number of methoxy groups -OCH3 is 1. The van der Waals surface area contributed by atoms with Gasteiger partial charge in [-0.1, -0.05) is 22.9 Å². The molecular formula is C12H17BrN2O2. The summed E-state index contributed by atoms with van der Waals surface area (Å²) in [6, 6.07) is 4.99. The van der Waals surface area contributed by atoms with Gasteiger partial charge in [0.15, 0.2) is 0 Å². The van der Waals surface area contributed by atoms with E-state index in [1.165, 1.54) is 0 Å². The van der Waals surface area contributed by atoms with E-state index in [0.29, 0.717) is 5.75 Å². The maximum Gasteiger partial charge on any atom is 0.239 e. The third-order valence-corrected chi connectivity index (χ3v) is 2.88. The highest BCUT2D eigenvalue weighted by Crippen LogP contribution is 2.28. The van der Waals surface area contributed by atoms with E-state index in [1.54, 1.807) is 7.11 Å². The van der Waals surface area contributed by atoms with E-state index >= 15 is 0 Å². The Bertz CT molecular complexity index is 396. The molecule has 0 spiro atoms. The summed E-state index contributed by atoms with van der Waals surface area (Å²) in [5, 5.41) is 3.11. The summed E-state index contributed by atoms with van der Waals surface area (Å²) >= 11 is 3.38. The first-order valence-electron chi connectivity index (χ1n) is 5.46. The molecule has 0 radical (unpaired) electrons. The van der Waals surface area contributed by atoms with Crippen LogP contribution in [0.25, 0.3) is 0 Å². The van der Waals surface area contributed by atoms with Gasteiger partial charge in [0.25, 0.3) is 0 Å². The summed E-state index contributed by atoms with van der Waals surface area (Å²) in [6.45, 7) is 2.76. The van der Waals surface area contributed by atoms with Crippen molar-refractivity contribution in [3.63, 3.8) is 0 Å². The van der Waals surface area contributed by atoms with Gasteiger partial charge in [-0.05, 0) is 31.2 Å². The first kappa shape index (κ1) is 14.0. The van der Waals surface area contributed by atoms with Gasteiger partial charge in [0.2, 0.25) is 5.91 Å². The summed E-state index contributed by atoms with van der Waals surface area (Å²) in [6.07, 6.45) is 0.931. The molecule has 0 saturated carbocycles. The van der Waals surface area contributed by atoms with E-state index in [-0.39, 0.29) is 0 Å². The van der Waals surface area contributed by atoms with Crippen molar-refractivity contribution in [2.75, 3.05) is 13.7 Å². The van der Waals surface area contributed by atoms with E-state index in [1.807, 2.05) is 25.1 Å². The lowest BCUT2D eigenvalue weighted by Crippen LogP contribution is -2.34. The molecule has 94 valence electrons. The molecule has 1 aromatic carbocycles. The van der Waals surface area contributed by atoms with Gasteiger partial charge in [-0.3, -0.25) is 4.79 Å². The molecule has 0 aliphatic carbocycles. The van der Waals surface area contributed by atoms with Crippen LogP contribution in [0.3, 0.4) is 0 Å². The Hall–Kier alpha value is -1.07. The average Bonchev–Trinajstić information content (AvgIpc) is 2.29. The van der Waals surface area contributed by atoms with Crippen molar-refractivity contribution in [2.45, 2.75) is 19.4 Å². The molecule has 1 rings (SSSR count). The summed E-state index contributed by atoms with van der Waals surface area (Å²) in [5.41, 5.74) is 6.16. The lowest BCUT2D eigenvalue weighted by molar-refractivity contribution is -0.120. The zero-order valence-corrected chi connectivity index (χ0v) is 11.6. The van der Waals surface area contributed by atoms with Crippen molar-refractivity contribution in [1.29, 1.82) is 0 Å². The number of rotatable bonds is 6. The standard InChI is InChI=1S/C12H17BrN2O2/c1-3-6-15-11(12(14)16)9-7-8(13)4-5-10(9)17-2/h4-5,7,11,15H,3,6H2,1-2H3,(H2,14,16). The third-order valence-electron chi connectivity index (χ3n) is 2.39. The number of carbonyl (C=O) groups is 1. The van der Waals surface area contributed by atoms with Gasteiger partial charge >= 0.3 is 0 Å². The molecule has 0 fully saturated rings. The Morgan fingerprint density at radius 3 is 2.82 bits per heavy atom.